The summed E-state index contributed by atoms with van der Waals surface area (Å²) in [5.41, 5.74) is -0.0211. The van der Waals surface area contributed by atoms with Gasteiger partial charge in [0.15, 0.2) is 5.82 Å². The van der Waals surface area contributed by atoms with Crippen LogP contribution in [0.3, 0.4) is 0 Å². The van der Waals surface area contributed by atoms with Crippen molar-refractivity contribution in [3.8, 4) is 0 Å². The summed E-state index contributed by atoms with van der Waals surface area (Å²) >= 11 is 3.03. The average molecular weight is 347 g/mol. The number of rotatable bonds is 4. The zero-order valence-corrected chi connectivity index (χ0v) is 11.6. The highest BCUT2D eigenvalue weighted by Gasteiger charge is 2.20. The third-order valence-corrected chi connectivity index (χ3v) is 4.48. The molecule has 19 heavy (non-hydrogen) atoms. The fourth-order valence-corrected chi connectivity index (χ4v) is 3.38. The molecule has 1 aromatic heterocycles. The van der Waals surface area contributed by atoms with Gasteiger partial charge in [0.05, 0.1) is 5.56 Å². The zero-order valence-electron chi connectivity index (χ0n) is 9.20. The Labute approximate surface area is 116 Å². The Morgan fingerprint density at radius 2 is 2.11 bits per heavy atom. The van der Waals surface area contributed by atoms with Gasteiger partial charge in [-0.25, -0.2) is 13.2 Å². The van der Waals surface area contributed by atoms with Gasteiger partial charge >= 0.3 is 5.97 Å². The van der Waals surface area contributed by atoms with Crippen molar-refractivity contribution in [1.82, 2.24) is 5.16 Å². The number of hydrogen-bond donors (Lipinski definition) is 2. The lowest BCUT2D eigenvalue weighted by atomic mass is 10.2. The smallest absolute Gasteiger partial charge is 0.335 e. The van der Waals surface area contributed by atoms with Crippen LogP contribution in [0.1, 0.15) is 10.4 Å². The number of aromatic carboxylic acids is 1. The number of nitrogens with zero attached hydrogens (tertiary/aromatic N) is 1. The summed E-state index contributed by atoms with van der Waals surface area (Å²) in [5.74, 6) is -1.11. The van der Waals surface area contributed by atoms with E-state index in [4.69, 9.17) is 5.11 Å². The Balaban J connectivity index is 2.38. The first-order valence-corrected chi connectivity index (χ1v) is 7.14. The molecule has 0 aliphatic heterocycles. The molecule has 0 spiro atoms. The molecule has 0 saturated carbocycles. The normalized spacial score (nSPS) is 11.2. The van der Waals surface area contributed by atoms with Gasteiger partial charge in [-0.1, -0.05) is 5.16 Å². The van der Waals surface area contributed by atoms with Gasteiger partial charge in [0, 0.05) is 10.5 Å². The van der Waals surface area contributed by atoms with Crippen molar-refractivity contribution >= 4 is 37.7 Å². The fraction of sp³-hybridized carbons (Fsp3) is 0. The number of carboxylic acid groups (broad SMARTS) is 1. The van der Waals surface area contributed by atoms with Crippen molar-refractivity contribution in [3.05, 3.63) is 40.6 Å². The molecule has 0 aliphatic rings. The van der Waals surface area contributed by atoms with E-state index in [1.165, 1.54) is 30.5 Å². The molecule has 0 unspecified atom stereocenters. The van der Waals surface area contributed by atoms with Crippen LogP contribution >= 0.6 is 15.9 Å². The average Bonchev–Trinajstić information content (AvgIpc) is 2.80. The molecule has 2 N–H and O–H groups in total. The Kier molecular flexibility index (Phi) is 3.58. The number of aromatic nitrogens is 1. The zero-order chi connectivity index (χ0) is 14.0. The molecule has 2 aromatic rings. The summed E-state index contributed by atoms with van der Waals surface area (Å²) < 4.78 is 30.9. The van der Waals surface area contributed by atoms with Gasteiger partial charge < -0.3 is 9.63 Å². The van der Waals surface area contributed by atoms with E-state index in [1.54, 1.807) is 0 Å². The second-order valence-corrected chi connectivity index (χ2v) is 5.95. The topological polar surface area (TPSA) is 110 Å². The standard InChI is InChI=1S/C10H7BrN2O5S/c11-7-5-6(10(14)15)1-2-8(7)19(16,17)13-9-3-4-18-12-9/h1-5H,(H,12,13)(H,14,15). The molecule has 0 amide bonds. The molecule has 1 heterocycles. The molecular formula is C10H7BrN2O5S. The molecule has 100 valence electrons. The van der Waals surface area contributed by atoms with Crippen LogP contribution in [0.4, 0.5) is 5.82 Å². The largest absolute Gasteiger partial charge is 0.478 e. The quantitative estimate of drug-likeness (QED) is 0.875. The molecule has 9 heteroatoms. The van der Waals surface area contributed by atoms with Gasteiger partial charge in [-0.05, 0) is 34.1 Å². The van der Waals surface area contributed by atoms with Crippen LogP contribution in [0.15, 0.2) is 44.4 Å². The molecule has 0 fully saturated rings. The van der Waals surface area contributed by atoms with Crippen molar-refractivity contribution in [2.75, 3.05) is 4.72 Å². The number of benzene rings is 1. The molecule has 7 nitrogen and oxygen atoms in total. The summed E-state index contributed by atoms with van der Waals surface area (Å²) in [6, 6.07) is 4.94. The third-order valence-electron chi connectivity index (χ3n) is 2.15. The monoisotopic (exact) mass is 346 g/mol. The van der Waals surface area contributed by atoms with E-state index in [-0.39, 0.29) is 20.7 Å². The molecule has 0 radical (unpaired) electrons. The first kappa shape index (κ1) is 13.6. The number of carboxylic acids is 1. The maximum absolute atomic E-state index is 12.0. The summed E-state index contributed by atoms with van der Waals surface area (Å²) in [7, 11) is -3.87. The van der Waals surface area contributed by atoms with Crippen LogP contribution in [-0.2, 0) is 10.0 Å². The van der Waals surface area contributed by atoms with Crippen LogP contribution in [0.5, 0.6) is 0 Å². The van der Waals surface area contributed by atoms with Crippen LogP contribution in [0.25, 0.3) is 0 Å². The first-order chi connectivity index (χ1) is 8.90. The van der Waals surface area contributed by atoms with E-state index in [0.717, 1.165) is 0 Å². The second-order valence-electron chi connectivity index (χ2n) is 3.44. The van der Waals surface area contributed by atoms with E-state index < -0.39 is 16.0 Å². The number of carbonyl (C=O) groups is 1. The third kappa shape index (κ3) is 2.93. The Hall–Kier alpha value is -1.87. The van der Waals surface area contributed by atoms with Crippen molar-refractivity contribution < 1.29 is 22.8 Å². The van der Waals surface area contributed by atoms with Gasteiger partial charge in [0.2, 0.25) is 0 Å². The maximum Gasteiger partial charge on any atom is 0.335 e. The second kappa shape index (κ2) is 5.02. The van der Waals surface area contributed by atoms with Crippen LogP contribution < -0.4 is 4.72 Å². The van der Waals surface area contributed by atoms with Crippen molar-refractivity contribution in [2.24, 2.45) is 0 Å². The van der Waals surface area contributed by atoms with E-state index in [0.29, 0.717) is 0 Å². The predicted molar refractivity (Wildman–Crippen MR) is 68.4 cm³/mol. The Morgan fingerprint density at radius 1 is 1.37 bits per heavy atom. The number of anilines is 1. The highest BCUT2D eigenvalue weighted by Crippen LogP contribution is 2.25. The van der Waals surface area contributed by atoms with Gasteiger partial charge in [0.25, 0.3) is 10.0 Å². The number of sulfonamides is 1. The van der Waals surface area contributed by atoms with Gasteiger partial charge in [-0.2, -0.15) is 0 Å². The highest BCUT2D eigenvalue weighted by molar-refractivity contribution is 9.10. The van der Waals surface area contributed by atoms with E-state index in [9.17, 15) is 13.2 Å². The van der Waals surface area contributed by atoms with Crippen LogP contribution in [-0.4, -0.2) is 24.7 Å². The summed E-state index contributed by atoms with van der Waals surface area (Å²) in [6.07, 6.45) is 1.22. The van der Waals surface area contributed by atoms with Gasteiger partial charge in [-0.15, -0.1) is 0 Å². The van der Waals surface area contributed by atoms with Crippen molar-refractivity contribution in [3.63, 3.8) is 0 Å². The molecule has 2 rings (SSSR count). The van der Waals surface area contributed by atoms with Crippen LogP contribution in [0.2, 0.25) is 0 Å². The molecule has 0 atom stereocenters. The first-order valence-electron chi connectivity index (χ1n) is 4.86. The summed E-state index contributed by atoms with van der Waals surface area (Å²) in [6.45, 7) is 0. The predicted octanol–water partition coefficient (Wildman–Crippen LogP) is 1.94. The van der Waals surface area contributed by atoms with Crippen molar-refractivity contribution in [2.45, 2.75) is 4.90 Å². The Bertz CT molecular complexity index is 712. The van der Waals surface area contributed by atoms with E-state index in [1.807, 2.05) is 0 Å². The lowest BCUT2D eigenvalue weighted by molar-refractivity contribution is 0.0696. The van der Waals surface area contributed by atoms with E-state index in [2.05, 4.69) is 30.3 Å². The minimum atomic E-state index is -3.87. The molecule has 0 aliphatic carbocycles. The highest BCUT2D eigenvalue weighted by atomic mass is 79.9. The summed E-state index contributed by atoms with van der Waals surface area (Å²) in [5, 5.41) is 12.2. The molecule has 0 saturated heterocycles. The fourth-order valence-electron chi connectivity index (χ4n) is 1.31. The maximum atomic E-state index is 12.0. The minimum absolute atomic E-state index is 0.0211. The molecule has 0 bridgehead atoms. The van der Waals surface area contributed by atoms with Crippen LogP contribution in [0, 0.1) is 0 Å². The minimum Gasteiger partial charge on any atom is -0.478 e. The number of halogens is 1. The Morgan fingerprint density at radius 3 is 2.63 bits per heavy atom. The number of nitrogens with one attached hydrogen (secondary N) is 1. The number of hydrogen-bond acceptors (Lipinski definition) is 5. The summed E-state index contributed by atoms with van der Waals surface area (Å²) in [4.78, 5) is 10.7. The van der Waals surface area contributed by atoms with Gasteiger partial charge in [-0.3, -0.25) is 4.72 Å². The lowest BCUT2D eigenvalue weighted by Gasteiger charge is -2.07. The van der Waals surface area contributed by atoms with Crippen molar-refractivity contribution in [1.29, 1.82) is 0 Å². The van der Waals surface area contributed by atoms with Gasteiger partial charge in [0.1, 0.15) is 11.2 Å². The van der Waals surface area contributed by atoms with E-state index >= 15 is 0 Å². The lowest BCUT2D eigenvalue weighted by Crippen LogP contribution is -2.14. The molecular weight excluding hydrogens is 340 g/mol. The molecule has 1 aromatic carbocycles. The SMILES string of the molecule is O=C(O)c1ccc(S(=O)(=O)Nc2ccon2)c(Br)c1.